The van der Waals surface area contributed by atoms with Crippen molar-refractivity contribution in [1.82, 2.24) is 10.6 Å². The van der Waals surface area contributed by atoms with Crippen LogP contribution in [0, 0.1) is 0 Å². The van der Waals surface area contributed by atoms with Gasteiger partial charge in [0.25, 0.3) is 0 Å². The van der Waals surface area contributed by atoms with Crippen molar-refractivity contribution in [3.8, 4) is 0 Å². The zero-order chi connectivity index (χ0) is 16.3. The summed E-state index contributed by atoms with van der Waals surface area (Å²) in [7, 11) is -3.75. The second kappa shape index (κ2) is 7.35. The average Bonchev–Trinajstić information content (AvgIpc) is 2.33. The zero-order valence-corrected chi connectivity index (χ0v) is 14.6. The van der Waals surface area contributed by atoms with Crippen LogP contribution in [0.1, 0.15) is 6.92 Å². The molecule has 1 atom stereocenters. The summed E-state index contributed by atoms with van der Waals surface area (Å²) in [5, 5.41) is 4.89. The molecule has 10 heteroatoms. The van der Waals surface area contributed by atoms with E-state index in [9.17, 15) is 13.2 Å². The quantitative estimate of drug-likeness (QED) is 0.595. The first-order chi connectivity index (χ1) is 9.54. The number of hydrogen-bond donors (Lipinski definition) is 2. The lowest BCUT2D eigenvalue weighted by molar-refractivity contribution is -0.119. The molecule has 5 nitrogen and oxygen atoms in total. The van der Waals surface area contributed by atoms with Crippen molar-refractivity contribution in [2.45, 2.75) is 21.8 Å². The van der Waals surface area contributed by atoms with Gasteiger partial charge in [-0.25, -0.2) is 8.42 Å². The molecule has 0 saturated carbocycles. The van der Waals surface area contributed by atoms with Crippen molar-refractivity contribution in [2.75, 3.05) is 5.88 Å². The molecule has 0 bridgehead atoms. The van der Waals surface area contributed by atoms with Gasteiger partial charge >= 0.3 is 0 Å². The number of rotatable bonds is 5. The first-order valence-electron chi connectivity index (χ1n) is 5.58. The second-order valence-electron chi connectivity index (χ2n) is 4.07. The molecule has 0 saturated heterocycles. The van der Waals surface area contributed by atoms with Crippen LogP contribution in [-0.4, -0.2) is 30.2 Å². The third-order valence-electron chi connectivity index (χ3n) is 2.32. The number of carbonyl (C=O) groups is 1. The second-order valence-corrected chi connectivity index (χ2v) is 8.80. The smallest absolute Gasteiger partial charge is 0.223 e. The standard InChI is InChI=1S/C11H12Cl4N2O3S/c1-7(18)17-10(11(13,14)15)16-6-21(19,20)9-5-3-2-4-8(9)12/h2-5,10,16H,6H2,1H3,(H,17,18). The first kappa shape index (κ1) is 18.8. The van der Waals surface area contributed by atoms with E-state index in [1.54, 1.807) is 12.1 Å². The molecule has 0 aromatic heterocycles. The molecule has 1 aromatic rings. The van der Waals surface area contributed by atoms with Gasteiger partial charge in [-0.3, -0.25) is 10.1 Å². The number of alkyl halides is 3. The molecule has 0 heterocycles. The average molecular weight is 394 g/mol. The molecule has 0 spiro atoms. The van der Waals surface area contributed by atoms with Crippen molar-refractivity contribution in [2.24, 2.45) is 0 Å². The van der Waals surface area contributed by atoms with Crippen LogP contribution in [0.25, 0.3) is 0 Å². The van der Waals surface area contributed by atoms with Crippen molar-refractivity contribution < 1.29 is 13.2 Å². The molecule has 0 aliphatic heterocycles. The third-order valence-corrected chi connectivity index (χ3v) is 4.99. The summed E-state index contributed by atoms with van der Waals surface area (Å²) in [4.78, 5) is 11.0. The normalized spacial score (nSPS) is 13.8. The van der Waals surface area contributed by atoms with Crippen LogP contribution in [0.5, 0.6) is 0 Å². The number of nitrogens with one attached hydrogen (secondary N) is 2. The number of amides is 1. The summed E-state index contributed by atoms with van der Waals surface area (Å²) in [5.74, 6) is -1.04. The summed E-state index contributed by atoms with van der Waals surface area (Å²) in [6.45, 7) is 1.22. The molecule has 118 valence electrons. The van der Waals surface area contributed by atoms with Crippen molar-refractivity contribution in [3.05, 3.63) is 29.3 Å². The highest BCUT2D eigenvalue weighted by Crippen LogP contribution is 2.29. The highest BCUT2D eigenvalue weighted by atomic mass is 35.6. The van der Waals surface area contributed by atoms with Crippen molar-refractivity contribution in [3.63, 3.8) is 0 Å². The largest absolute Gasteiger partial charge is 0.337 e. The van der Waals surface area contributed by atoms with E-state index in [0.717, 1.165) is 0 Å². The Morgan fingerprint density at radius 3 is 2.33 bits per heavy atom. The minimum Gasteiger partial charge on any atom is -0.337 e. The fourth-order valence-corrected chi connectivity index (χ4v) is 3.50. The highest BCUT2D eigenvalue weighted by Gasteiger charge is 2.34. The number of sulfone groups is 1. The summed E-state index contributed by atoms with van der Waals surface area (Å²) >= 11 is 22.9. The summed E-state index contributed by atoms with van der Waals surface area (Å²) < 4.78 is 22.4. The molecule has 0 aliphatic carbocycles. The van der Waals surface area contributed by atoms with Crippen LogP contribution in [0.15, 0.2) is 29.2 Å². The number of carbonyl (C=O) groups excluding carboxylic acids is 1. The predicted octanol–water partition coefficient (Wildman–Crippen LogP) is 2.49. The van der Waals surface area contributed by atoms with Gasteiger partial charge in [-0.05, 0) is 12.1 Å². The van der Waals surface area contributed by atoms with E-state index in [1.165, 1.54) is 19.1 Å². The Hall–Kier alpha value is -0.240. The molecule has 0 fully saturated rings. The molecule has 1 rings (SSSR count). The molecule has 1 aromatic carbocycles. The molecular formula is C11H12Cl4N2O3S. The molecular weight excluding hydrogens is 382 g/mol. The Kier molecular flexibility index (Phi) is 6.58. The van der Waals surface area contributed by atoms with E-state index in [1.807, 2.05) is 0 Å². The van der Waals surface area contributed by atoms with Gasteiger partial charge in [-0.1, -0.05) is 58.5 Å². The van der Waals surface area contributed by atoms with Crippen LogP contribution in [0.4, 0.5) is 0 Å². The van der Waals surface area contributed by atoms with Crippen LogP contribution in [0.2, 0.25) is 5.02 Å². The van der Waals surface area contributed by atoms with Gasteiger partial charge in [-0.15, -0.1) is 0 Å². The Bertz CT molecular complexity index is 616. The van der Waals surface area contributed by atoms with Gasteiger partial charge < -0.3 is 5.32 Å². The first-order valence-corrected chi connectivity index (χ1v) is 8.75. The van der Waals surface area contributed by atoms with Gasteiger partial charge in [0.2, 0.25) is 9.70 Å². The van der Waals surface area contributed by atoms with E-state index in [-0.39, 0.29) is 9.92 Å². The maximum atomic E-state index is 12.2. The SMILES string of the molecule is CC(=O)NC(NCS(=O)(=O)c1ccccc1Cl)C(Cl)(Cl)Cl. The molecule has 2 N–H and O–H groups in total. The third kappa shape index (κ3) is 5.81. The summed E-state index contributed by atoms with van der Waals surface area (Å²) in [6, 6.07) is 5.96. The van der Waals surface area contributed by atoms with Gasteiger partial charge in [-0.2, -0.15) is 0 Å². The fourth-order valence-electron chi connectivity index (χ4n) is 1.42. The number of hydrogen-bond acceptors (Lipinski definition) is 4. The van der Waals surface area contributed by atoms with Gasteiger partial charge in [0.05, 0.1) is 9.92 Å². The molecule has 0 radical (unpaired) electrons. The van der Waals surface area contributed by atoms with Crippen LogP contribution in [-0.2, 0) is 14.6 Å². The van der Waals surface area contributed by atoms with E-state index in [4.69, 9.17) is 46.4 Å². The highest BCUT2D eigenvalue weighted by molar-refractivity contribution is 7.91. The fraction of sp³-hybridized carbons (Fsp3) is 0.364. The monoisotopic (exact) mass is 392 g/mol. The van der Waals surface area contributed by atoms with Gasteiger partial charge in [0.15, 0.2) is 9.84 Å². The lowest BCUT2D eigenvalue weighted by atomic mass is 10.4. The maximum Gasteiger partial charge on any atom is 0.223 e. The van der Waals surface area contributed by atoms with E-state index in [0.29, 0.717) is 0 Å². The molecule has 1 unspecified atom stereocenters. The minimum atomic E-state index is -3.75. The predicted molar refractivity (Wildman–Crippen MR) is 84.5 cm³/mol. The number of benzene rings is 1. The summed E-state index contributed by atoms with van der Waals surface area (Å²) in [5.41, 5.74) is 0. The summed E-state index contributed by atoms with van der Waals surface area (Å²) in [6.07, 6.45) is -1.17. The van der Waals surface area contributed by atoms with E-state index in [2.05, 4.69) is 10.6 Å². The van der Waals surface area contributed by atoms with Gasteiger partial charge in [0, 0.05) is 6.92 Å². The van der Waals surface area contributed by atoms with Crippen molar-refractivity contribution >= 4 is 62.1 Å². The minimum absolute atomic E-state index is 0.0509. The Morgan fingerprint density at radius 2 is 1.86 bits per heavy atom. The molecule has 21 heavy (non-hydrogen) atoms. The topological polar surface area (TPSA) is 75.3 Å². The Morgan fingerprint density at radius 1 is 1.29 bits per heavy atom. The Balaban J connectivity index is 2.89. The van der Waals surface area contributed by atoms with E-state index < -0.39 is 31.6 Å². The zero-order valence-electron chi connectivity index (χ0n) is 10.7. The molecule has 0 aliphatic rings. The lowest BCUT2D eigenvalue weighted by Gasteiger charge is -2.26. The number of halogens is 4. The van der Waals surface area contributed by atoms with E-state index >= 15 is 0 Å². The van der Waals surface area contributed by atoms with Crippen LogP contribution < -0.4 is 10.6 Å². The molecule has 1 amide bonds. The Labute approximate surface area is 142 Å². The van der Waals surface area contributed by atoms with Crippen LogP contribution in [0.3, 0.4) is 0 Å². The maximum absolute atomic E-state index is 12.2. The lowest BCUT2D eigenvalue weighted by Crippen LogP contribution is -2.54. The van der Waals surface area contributed by atoms with Crippen LogP contribution >= 0.6 is 46.4 Å². The van der Waals surface area contributed by atoms with Crippen molar-refractivity contribution in [1.29, 1.82) is 0 Å². The van der Waals surface area contributed by atoms with Gasteiger partial charge in [0.1, 0.15) is 12.0 Å².